The Morgan fingerprint density at radius 2 is 2.24 bits per heavy atom. The van der Waals surface area contributed by atoms with Crippen LogP contribution in [0.15, 0.2) is 16.6 Å². The van der Waals surface area contributed by atoms with E-state index < -0.39 is 12.4 Å². The van der Waals surface area contributed by atoms with Gasteiger partial charge in [-0.3, -0.25) is 4.79 Å². The molecule has 0 radical (unpaired) electrons. The summed E-state index contributed by atoms with van der Waals surface area (Å²) >= 11 is 3.03. The summed E-state index contributed by atoms with van der Waals surface area (Å²) in [6, 6.07) is 4.17. The summed E-state index contributed by atoms with van der Waals surface area (Å²) in [6.45, 7) is 0. The van der Waals surface area contributed by atoms with E-state index in [1.54, 1.807) is 0 Å². The molecule has 0 aromatic heterocycles. The first-order valence-corrected chi connectivity index (χ1v) is 5.36. The summed E-state index contributed by atoms with van der Waals surface area (Å²) in [4.78, 5) is 11.1. The molecule has 6 heteroatoms. The van der Waals surface area contributed by atoms with Crippen LogP contribution in [0.3, 0.4) is 0 Å². The summed E-state index contributed by atoms with van der Waals surface area (Å²) in [5, 5.41) is 8.89. The number of hydrogen-bond donors (Lipinski definition) is 0. The molecular formula is C11H8BrF2NO2. The fourth-order valence-electron chi connectivity index (χ4n) is 1.31. The first-order valence-electron chi connectivity index (χ1n) is 4.57. The summed E-state index contributed by atoms with van der Waals surface area (Å²) in [5.41, 5.74) is 0.151. The Labute approximate surface area is 105 Å². The smallest absolute Gasteiger partial charge is 0.310 e. The highest BCUT2D eigenvalue weighted by Gasteiger charge is 2.16. The van der Waals surface area contributed by atoms with Crippen LogP contribution in [0.4, 0.5) is 8.78 Å². The van der Waals surface area contributed by atoms with Crippen LogP contribution in [-0.4, -0.2) is 13.1 Å². The zero-order valence-electron chi connectivity index (χ0n) is 8.84. The van der Waals surface area contributed by atoms with Crippen molar-refractivity contribution in [3.63, 3.8) is 0 Å². The standard InChI is InChI=1S/C11H8BrF2NO2/c1-17-10(16)4-6-2-7(11(13)14)3-9(12)8(6)5-15/h2-3,11H,4H2,1H3. The second kappa shape index (κ2) is 5.73. The van der Waals surface area contributed by atoms with E-state index in [9.17, 15) is 13.6 Å². The Morgan fingerprint density at radius 3 is 2.71 bits per heavy atom. The Morgan fingerprint density at radius 1 is 1.59 bits per heavy atom. The van der Waals surface area contributed by atoms with Crippen molar-refractivity contribution in [2.75, 3.05) is 7.11 Å². The van der Waals surface area contributed by atoms with E-state index in [4.69, 9.17) is 5.26 Å². The molecule has 90 valence electrons. The van der Waals surface area contributed by atoms with Gasteiger partial charge in [0.15, 0.2) is 0 Å². The highest BCUT2D eigenvalue weighted by Crippen LogP contribution is 2.28. The van der Waals surface area contributed by atoms with Crippen molar-refractivity contribution in [3.05, 3.63) is 33.3 Å². The van der Waals surface area contributed by atoms with Gasteiger partial charge in [0.25, 0.3) is 6.43 Å². The third-order valence-corrected chi connectivity index (χ3v) is 2.75. The minimum absolute atomic E-state index is 0.166. The molecule has 0 N–H and O–H groups in total. The molecule has 0 amide bonds. The molecule has 0 aliphatic rings. The molecule has 0 spiro atoms. The first-order chi connectivity index (χ1) is 7.99. The normalized spacial score (nSPS) is 10.1. The minimum atomic E-state index is -2.66. The average molecular weight is 304 g/mol. The third kappa shape index (κ3) is 3.24. The molecule has 0 bridgehead atoms. The van der Waals surface area contributed by atoms with Crippen molar-refractivity contribution in [1.82, 2.24) is 0 Å². The van der Waals surface area contributed by atoms with Crippen molar-refractivity contribution in [1.29, 1.82) is 5.26 Å². The maximum Gasteiger partial charge on any atom is 0.310 e. The molecule has 0 aliphatic carbocycles. The topological polar surface area (TPSA) is 50.1 Å². The molecule has 1 aromatic rings. The predicted octanol–water partition coefficient (Wildman–Crippen LogP) is 2.97. The summed E-state index contributed by atoms with van der Waals surface area (Å²) in [5.74, 6) is -0.584. The van der Waals surface area contributed by atoms with Crippen molar-refractivity contribution in [2.45, 2.75) is 12.8 Å². The van der Waals surface area contributed by atoms with E-state index in [0.29, 0.717) is 0 Å². The number of esters is 1. The van der Waals surface area contributed by atoms with E-state index in [1.807, 2.05) is 6.07 Å². The maximum atomic E-state index is 12.6. The molecule has 1 aromatic carbocycles. The molecule has 17 heavy (non-hydrogen) atoms. The van der Waals surface area contributed by atoms with E-state index in [0.717, 1.165) is 6.07 Å². The van der Waals surface area contributed by atoms with Crippen LogP contribution in [0.25, 0.3) is 0 Å². The fourth-order valence-corrected chi connectivity index (χ4v) is 1.91. The highest BCUT2D eigenvalue weighted by atomic mass is 79.9. The number of halogens is 3. The number of carbonyl (C=O) groups is 1. The van der Waals surface area contributed by atoms with Gasteiger partial charge in [-0.15, -0.1) is 0 Å². The van der Waals surface area contributed by atoms with Crippen molar-refractivity contribution < 1.29 is 18.3 Å². The zero-order valence-corrected chi connectivity index (χ0v) is 10.4. The molecule has 0 saturated heterocycles. The second-order valence-electron chi connectivity index (χ2n) is 3.20. The number of carbonyl (C=O) groups excluding carboxylic acids is 1. The fraction of sp³-hybridized carbons (Fsp3) is 0.273. The molecule has 1 rings (SSSR count). The summed E-state index contributed by atoms with van der Waals surface area (Å²) in [7, 11) is 1.19. The van der Waals surface area contributed by atoms with E-state index >= 15 is 0 Å². The van der Waals surface area contributed by atoms with Gasteiger partial charge in [-0.2, -0.15) is 5.26 Å². The number of alkyl halides is 2. The lowest BCUT2D eigenvalue weighted by Gasteiger charge is -2.08. The number of nitrogens with zero attached hydrogens (tertiary/aromatic N) is 1. The van der Waals surface area contributed by atoms with Gasteiger partial charge >= 0.3 is 5.97 Å². The Balaban J connectivity index is 3.25. The Hall–Kier alpha value is -1.48. The van der Waals surface area contributed by atoms with Crippen LogP contribution < -0.4 is 0 Å². The number of hydrogen-bond acceptors (Lipinski definition) is 3. The van der Waals surface area contributed by atoms with Gasteiger partial charge in [-0.05, 0) is 33.6 Å². The van der Waals surface area contributed by atoms with E-state index in [2.05, 4.69) is 20.7 Å². The maximum absolute atomic E-state index is 12.6. The number of rotatable bonds is 3. The van der Waals surface area contributed by atoms with Crippen LogP contribution in [0, 0.1) is 11.3 Å². The monoisotopic (exact) mass is 303 g/mol. The molecule has 0 fully saturated rings. The quantitative estimate of drug-likeness (QED) is 0.807. The largest absolute Gasteiger partial charge is 0.469 e. The minimum Gasteiger partial charge on any atom is -0.469 e. The van der Waals surface area contributed by atoms with Gasteiger partial charge < -0.3 is 4.74 Å². The van der Waals surface area contributed by atoms with Gasteiger partial charge in [0.05, 0.1) is 19.1 Å². The zero-order chi connectivity index (χ0) is 13.0. The molecule has 0 heterocycles. The second-order valence-corrected chi connectivity index (χ2v) is 4.06. The lowest BCUT2D eigenvalue weighted by atomic mass is 10.0. The SMILES string of the molecule is COC(=O)Cc1cc(C(F)F)cc(Br)c1C#N. The molecule has 0 aliphatic heterocycles. The third-order valence-electron chi connectivity index (χ3n) is 2.12. The van der Waals surface area contributed by atoms with Gasteiger partial charge in [0.2, 0.25) is 0 Å². The average Bonchev–Trinajstić information content (AvgIpc) is 2.28. The Kier molecular flexibility index (Phi) is 4.58. The molecule has 0 atom stereocenters. The number of ether oxygens (including phenoxy) is 1. The first kappa shape index (κ1) is 13.6. The van der Waals surface area contributed by atoms with E-state index in [1.165, 1.54) is 13.2 Å². The highest BCUT2D eigenvalue weighted by molar-refractivity contribution is 9.10. The van der Waals surface area contributed by atoms with Crippen LogP contribution in [0.2, 0.25) is 0 Å². The van der Waals surface area contributed by atoms with E-state index in [-0.39, 0.29) is 27.6 Å². The molecule has 0 saturated carbocycles. The number of benzene rings is 1. The lowest BCUT2D eigenvalue weighted by Crippen LogP contribution is -2.07. The summed E-state index contributed by atoms with van der Waals surface area (Å²) < 4.78 is 29.8. The van der Waals surface area contributed by atoms with Crippen molar-refractivity contribution in [3.8, 4) is 6.07 Å². The van der Waals surface area contributed by atoms with Crippen LogP contribution in [-0.2, 0) is 16.0 Å². The lowest BCUT2D eigenvalue weighted by molar-refractivity contribution is -0.139. The van der Waals surface area contributed by atoms with Gasteiger partial charge in [0, 0.05) is 10.0 Å². The van der Waals surface area contributed by atoms with Crippen molar-refractivity contribution in [2.24, 2.45) is 0 Å². The predicted molar refractivity (Wildman–Crippen MR) is 59.5 cm³/mol. The number of nitriles is 1. The summed E-state index contributed by atoms with van der Waals surface area (Å²) in [6.07, 6.45) is -2.87. The molecule has 0 unspecified atom stereocenters. The van der Waals surface area contributed by atoms with Crippen LogP contribution in [0.1, 0.15) is 23.1 Å². The number of methoxy groups -OCH3 is 1. The van der Waals surface area contributed by atoms with Gasteiger partial charge in [-0.1, -0.05) is 0 Å². The van der Waals surface area contributed by atoms with Crippen LogP contribution >= 0.6 is 15.9 Å². The van der Waals surface area contributed by atoms with Gasteiger partial charge in [-0.25, -0.2) is 8.78 Å². The Bertz CT molecular complexity index is 483. The molecular weight excluding hydrogens is 296 g/mol. The molecule has 3 nitrogen and oxygen atoms in total. The van der Waals surface area contributed by atoms with Crippen molar-refractivity contribution >= 4 is 21.9 Å². The van der Waals surface area contributed by atoms with Gasteiger partial charge in [0.1, 0.15) is 6.07 Å². The van der Waals surface area contributed by atoms with Crippen LogP contribution in [0.5, 0.6) is 0 Å².